The zero-order valence-electron chi connectivity index (χ0n) is 9.96. The summed E-state index contributed by atoms with van der Waals surface area (Å²) in [5.41, 5.74) is 7.75. The van der Waals surface area contributed by atoms with Crippen LogP contribution in [0, 0.1) is 5.92 Å². The number of fused-ring (bicyclic) bond motifs is 1. The summed E-state index contributed by atoms with van der Waals surface area (Å²) in [6, 6.07) is 0. The number of aromatic nitrogens is 1. The van der Waals surface area contributed by atoms with E-state index in [1.807, 2.05) is 11.3 Å². The minimum atomic E-state index is -0.0781. The fourth-order valence-corrected chi connectivity index (χ4v) is 4.40. The number of thiazole rings is 1. The molecule has 0 aromatic carbocycles. The lowest BCUT2D eigenvalue weighted by Crippen LogP contribution is -2.32. The van der Waals surface area contributed by atoms with Crippen LogP contribution in [0.4, 0.5) is 0 Å². The Balaban J connectivity index is 1.92. The summed E-state index contributed by atoms with van der Waals surface area (Å²) in [4.78, 5) is 6.35. The fraction of sp³-hybridized carbons (Fsp3) is 0.769. The average Bonchev–Trinajstić information content (AvgIpc) is 2.84. The van der Waals surface area contributed by atoms with Gasteiger partial charge < -0.3 is 5.73 Å². The van der Waals surface area contributed by atoms with Crippen LogP contribution in [-0.2, 0) is 18.4 Å². The van der Waals surface area contributed by atoms with E-state index in [4.69, 9.17) is 10.7 Å². The van der Waals surface area contributed by atoms with Crippen LogP contribution in [0.25, 0.3) is 0 Å². The minimum absolute atomic E-state index is 0.0781. The van der Waals surface area contributed by atoms with E-state index in [0.717, 1.165) is 18.8 Å². The molecule has 3 rings (SSSR count). The molecule has 2 nitrogen and oxygen atoms in total. The van der Waals surface area contributed by atoms with Crippen molar-refractivity contribution >= 4 is 11.3 Å². The molecule has 2 aliphatic rings. The monoisotopic (exact) mass is 236 g/mol. The molecule has 0 spiro atoms. The van der Waals surface area contributed by atoms with Crippen molar-refractivity contribution in [3.8, 4) is 0 Å². The van der Waals surface area contributed by atoms with Crippen LogP contribution >= 0.6 is 11.3 Å². The Kier molecular flexibility index (Phi) is 2.55. The summed E-state index contributed by atoms with van der Waals surface area (Å²) in [6.07, 6.45) is 8.51. The van der Waals surface area contributed by atoms with Crippen LogP contribution in [0.3, 0.4) is 0 Å². The first kappa shape index (κ1) is 10.7. The summed E-state index contributed by atoms with van der Waals surface area (Å²) in [5, 5.41) is 1.23. The van der Waals surface area contributed by atoms with E-state index < -0.39 is 0 Å². The molecule has 1 unspecified atom stereocenters. The summed E-state index contributed by atoms with van der Waals surface area (Å²) >= 11 is 1.90. The molecule has 1 fully saturated rings. The third-order valence-corrected chi connectivity index (χ3v) is 5.45. The number of hydrogen-bond acceptors (Lipinski definition) is 3. The highest BCUT2D eigenvalue weighted by atomic mass is 32.1. The Morgan fingerprint density at radius 2 is 2.12 bits per heavy atom. The van der Waals surface area contributed by atoms with Crippen molar-refractivity contribution in [2.75, 3.05) is 0 Å². The molecule has 0 radical (unpaired) electrons. The standard InChI is InChI=1S/C13H20N2S/c1-9-4-5-10-11(8-9)16-12(15-10)13(14)6-2-3-7-13/h9H,2-8,14H2,1H3. The summed E-state index contributed by atoms with van der Waals surface area (Å²) < 4.78 is 0. The van der Waals surface area contributed by atoms with Gasteiger partial charge in [-0.15, -0.1) is 11.3 Å². The summed E-state index contributed by atoms with van der Waals surface area (Å²) in [6.45, 7) is 2.34. The first-order valence-electron chi connectivity index (χ1n) is 6.45. The van der Waals surface area contributed by atoms with E-state index in [1.165, 1.54) is 47.7 Å². The van der Waals surface area contributed by atoms with Gasteiger partial charge in [-0.2, -0.15) is 0 Å². The second-order valence-corrected chi connectivity index (χ2v) is 6.68. The Morgan fingerprint density at radius 3 is 2.88 bits per heavy atom. The molecule has 1 atom stereocenters. The quantitative estimate of drug-likeness (QED) is 0.814. The van der Waals surface area contributed by atoms with Gasteiger partial charge in [0.1, 0.15) is 5.01 Å². The average molecular weight is 236 g/mol. The van der Waals surface area contributed by atoms with Crippen molar-refractivity contribution in [1.82, 2.24) is 4.98 Å². The van der Waals surface area contributed by atoms with Crippen LogP contribution in [0.5, 0.6) is 0 Å². The minimum Gasteiger partial charge on any atom is -0.319 e. The topological polar surface area (TPSA) is 38.9 Å². The lowest BCUT2D eigenvalue weighted by molar-refractivity contribution is 0.455. The van der Waals surface area contributed by atoms with Gasteiger partial charge in [0.25, 0.3) is 0 Å². The molecular formula is C13H20N2S. The van der Waals surface area contributed by atoms with E-state index in [0.29, 0.717) is 0 Å². The molecule has 88 valence electrons. The van der Waals surface area contributed by atoms with Gasteiger partial charge in [-0.1, -0.05) is 19.8 Å². The van der Waals surface area contributed by atoms with E-state index in [9.17, 15) is 0 Å². The molecule has 0 saturated heterocycles. The maximum atomic E-state index is 6.47. The molecular weight excluding hydrogens is 216 g/mol. The molecule has 16 heavy (non-hydrogen) atoms. The summed E-state index contributed by atoms with van der Waals surface area (Å²) in [5.74, 6) is 0.832. The smallest absolute Gasteiger partial charge is 0.113 e. The van der Waals surface area contributed by atoms with Crippen molar-refractivity contribution in [3.63, 3.8) is 0 Å². The Bertz CT molecular complexity index is 391. The van der Waals surface area contributed by atoms with Crippen molar-refractivity contribution in [3.05, 3.63) is 15.6 Å². The van der Waals surface area contributed by atoms with E-state index in [1.54, 1.807) is 0 Å². The van der Waals surface area contributed by atoms with Crippen molar-refractivity contribution < 1.29 is 0 Å². The molecule has 1 heterocycles. The number of hydrogen-bond donors (Lipinski definition) is 1. The van der Waals surface area contributed by atoms with Gasteiger partial charge in [0.15, 0.2) is 0 Å². The van der Waals surface area contributed by atoms with Crippen LogP contribution in [0.1, 0.15) is 54.6 Å². The second-order valence-electron chi connectivity index (χ2n) is 5.60. The van der Waals surface area contributed by atoms with Gasteiger partial charge >= 0.3 is 0 Å². The molecule has 2 N–H and O–H groups in total. The first-order valence-corrected chi connectivity index (χ1v) is 7.27. The zero-order chi connectivity index (χ0) is 11.2. The third-order valence-electron chi connectivity index (χ3n) is 4.11. The Hall–Kier alpha value is -0.410. The molecule has 2 aliphatic carbocycles. The Labute approximate surface area is 101 Å². The predicted octanol–water partition coefficient (Wildman–Crippen LogP) is 3.00. The van der Waals surface area contributed by atoms with E-state index >= 15 is 0 Å². The highest BCUT2D eigenvalue weighted by Crippen LogP contribution is 2.40. The normalized spacial score (nSPS) is 28.0. The molecule has 0 aliphatic heterocycles. The number of nitrogens with two attached hydrogens (primary N) is 1. The van der Waals surface area contributed by atoms with Crippen LogP contribution in [0.15, 0.2) is 0 Å². The van der Waals surface area contributed by atoms with Crippen LogP contribution in [-0.4, -0.2) is 4.98 Å². The lowest BCUT2D eigenvalue weighted by atomic mass is 9.93. The number of nitrogens with zero attached hydrogens (tertiary/aromatic N) is 1. The van der Waals surface area contributed by atoms with Gasteiger partial charge in [-0.25, -0.2) is 4.98 Å². The van der Waals surface area contributed by atoms with E-state index in [2.05, 4.69) is 6.92 Å². The van der Waals surface area contributed by atoms with E-state index in [-0.39, 0.29) is 5.54 Å². The third kappa shape index (κ3) is 1.70. The first-order chi connectivity index (χ1) is 7.67. The van der Waals surface area contributed by atoms with Crippen molar-refractivity contribution in [2.24, 2.45) is 11.7 Å². The van der Waals surface area contributed by atoms with Crippen molar-refractivity contribution in [1.29, 1.82) is 0 Å². The van der Waals surface area contributed by atoms with Crippen LogP contribution in [0.2, 0.25) is 0 Å². The fourth-order valence-electron chi connectivity index (χ4n) is 2.97. The maximum Gasteiger partial charge on any atom is 0.113 e. The molecule has 0 amide bonds. The van der Waals surface area contributed by atoms with Crippen molar-refractivity contribution in [2.45, 2.75) is 57.4 Å². The number of rotatable bonds is 1. The summed E-state index contributed by atoms with van der Waals surface area (Å²) in [7, 11) is 0. The maximum absolute atomic E-state index is 6.47. The largest absolute Gasteiger partial charge is 0.319 e. The van der Waals surface area contributed by atoms with Gasteiger partial charge in [-0.3, -0.25) is 0 Å². The molecule has 0 bridgehead atoms. The Morgan fingerprint density at radius 1 is 1.38 bits per heavy atom. The second kappa shape index (κ2) is 3.81. The van der Waals surface area contributed by atoms with Gasteiger partial charge in [0.05, 0.1) is 11.2 Å². The van der Waals surface area contributed by atoms with Crippen LogP contribution < -0.4 is 5.73 Å². The lowest BCUT2D eigenvalue weighted by Gasteiger charge is -2.19. The molecule has 1 aromatic heterocycles. The zero-order valence-corrected chi connectivity index (χ0v) is 10.8. The van der Waals surface area contributed by atoms with Gasteiger partial charge in [0.2, 0.25) is 0 Å². The molecule has 3 heteroatoms. The highest BCUT2D eigenvalue weighted by molar-refractivity contribution is 7.11. The predicted molar refractivity (Wildman–Crippen MR) is 67.6 cm³/mol. The number of aryl methyl sites for hydroxylation is 1. The SMILES string of the molecule is CC1CCc2nc(C3(N)CCCC3)sc2C1. The molecule has 1 saturated carbocycles. The molecule has 1 aromatic rings. The highest BCUT2D eigenvalue weighted by Gasteiger charge is 2.35. The van der Waals surface area contributed by atoms with Gasteiger partial charge in [0, 0.05) is 4.88 Å². The van der Waals surface area contributed by atoms with Gasteiger partial charge in [-0.05, 0) is 38.0 Å².